The van der Waals surface area contributed by atoms with E-state index in [0.717, 1.165) is 0 Å². The van der Waals surface area contributed by atoms with Crippen molar-refractivity contribution in [3.8, 4) is 44.5 Å². The molecule has 10 aromatic carbocycles. The molecule has 0 heterocycles. The standard InChI is InChI=1S/C56H40/c1-55(2)49-19-11-9-15-41(49)43-27-23-35(31-51(43)55)33-21-25-39-37-13-5-8-18-46(37)54-48-30-34(22-26-40(48)38-14-6-7-17-45(38)53(54)47(39)29-33)36-24-28-44-42-16-10-12-20-50(42)56(3,4)52(44)32-36/h5-32H,1-4H3. The van der Waals surface area contributed by atoms with Gasteiger partial charge in [0.2, 0.25) is 0 Å². The van der Waals surface area contributed by atoms with Crippen LogP contribution in [0.15, 0.2) is 170 Å². The summed E-state index contributed by atoms with van der Waals surface area (Å²) in [4.78, 5) is 0. The predicted octanol–water partition coefficient (Wildman–Crippen LogP) is 15.4. The molecule has 0 amide bonds. The van der Waals surface area contributed by atoms with Crippen molar-refractivity contribution in [2.75, 3.05) is 0 Å². The average Bonchev–Trinajstić information content (AvgIpc) is 3.62. The minimum absolute atomic E-state index is 0.0485. The predicted molar refractivity (Wildman–Crippen MR) is 240 cm³/mol. The van der Waals surface area contributed by atoms with Crippen LogP contribution in [0.2, 0.25) is 0 Å². The maximum Gasteiger partial charge on any atom is 0.0159 e. The summed E-state index contributed by atoms with van der Waals surface area (Å²) in [5, 5.41) is 13.1. The van der Waals surface area contributed by atoms with Crippen LogP contribution in [-0.2, 0) is 10.8 Å². The molecular weight excluding hydrogens is 673 g/mol. The number of fused-ring (bicyclic) bond motifs is 17. The van der Waals surface area contributed by atoms with Crippen molar-refractivity contribution in [2.45, 2.75) is 38.5 Å². The number of hydrogen-bond acceptors (Lipinski definition) is 0. The molecule has 0 atom stereocenters. The monoisotopic (exact) mass is 712 g/mol. The van der Waals surface area contributed by atoms with Crippen LogP contribution in [0.3, 0.4) is 0 Å². The Labute approximate surface area is 327 Å². The molecular formula is C56H40. The van der Waals surface area contributed by atoms with Crippen molar-refractivity contribution < 1.29 is 0 Å². The van der Waals surface area contributed by atoms with Crippen LogP contribution in [0.1, 0.15) is 49.9 Å². The van der Waals surface area contributed by atoms with E-state index in [0.29, 0.717) is 0 Å². The SMILES string of the molecule is CC1(C)c2ccccc2-c2ccc(-c3ccc4c5ccccc5c5c6cc(-c7ccc8c(c7)C(C)(C)c7ccccc7-8)ccc6c6ccccc6c5c4c3)cc21. The van der Waals surface area contributed by atoms with Crippen LogP contribution in [0, 0.1) is 0 Å². The van der Waals surface area contributed by atoms with E-state index in [4.69, 9.17) is 0 Å². The summed E-state index contributed by atoms with van der Waals surface area (Å²) in [6.07, 6.45) is 0. The Balaban J connectivity index is 1.13. The Hall–Kier alpha value is -6.50. The van der Waals surface area contributed by atoms with Gasteiger partial charge in [0, 0.05) is 10.8 Å². The fourth-order valence-corrected chi connectivity index (χ4v) is 10.8. The lowest BCUT2D eigenvalue weighted by Crippen LogP contribution is -2.14. The van der Waals surface area contributed by atoms with Gasteiger partial charge in [-0.1, -0.05) is 173 Å². The molecule has 0 bridgehead atoms. The third-order valence-corrected chi connectivity index (χ3v) is 13.6. The quantitative estimate of drug-likeness (QED) is 0.157. The minimum atomic E-state index is -0.0485. The Bertz CT molecular complexity index is 3130. The Morgan fingerprint density at radius 3 is 1.02 bits per heavy atom. The van der Waals surface area contributed by atoms with Gasteiger partial charge in [0.15, 0.2) is 0 Å². The smallest absolute Gasteiger partial charge is 0.0159 e. The Morgan fingerprint density at radius 1 is 0.250 bits per heavy atom. The molecule has 0 saturated heterocycles. The molecule has 2 aliphatic carbocycles. The maximum absolute atomic E-state index is 2.48. The van der Waals surface area contributed by atoms with E-state index in [1.807, 2.05) is 0 Å². The molecule has 10 aromatic rings. The topological polar surface area (TPSA) is 0 Å². The van der Waals surface area contributed by atoms with E-state index in [1.54, 1.807) is 0 Å². The van der Waals surface area contributed by atoms with Crippen LogP contribution in [0.4, 0.5) is 0 Å². The molecule has 0 N–H and O–H groups in total. The largest absolute Gasteiger partial charge is 0.0619 e. The maximum atomic E-state index is 2.48. The fourth-order valence-electron chi connectivity index (χ4n) is 10.8. The first-order valence-electron chi connectivity index (χ1n) is 20.0. The summed E-state index contributed by atoms with van der Waals surface area (Å²) in [7, 11) is 0. The number of benzene rings is 10. The summed E-state index contributed by atoms with van der Waals surface area (Å²) in [5.41, 5.74) is 16.0. The van der Waals surface area contributed by atoms with Crippen molar-refractivity contribution >= 4 is 53.9 Å². The van der Waals surface area contributed by atoms with E-state index in [-0.39, 0.29) is 10.8 Å². The molecule has 0 spiro atoms. The zero-order valence-corrected chi connectivity index (χ0v) is 32.2. The fraction of sp³-hybridized carbons (Fsp3) is 0.107. The zero-order valence-electron chi connectivity index (χ0n) is 32.2. The lowest BCUT2D eigenvalue weighted by Gasteiger charge is -2.22. The molecule has 0 nitrogen and oxygen atoms in total. The van der Waals surface area contributed by atoms with E-state index in [2.05, 4.69) is 198 Å². The van der Waals surface area contributed by atoms with Gasteiger partial charge in [0.25, 0.3) is 0 Å². The normalized spacial score (nSPS) is 14.7. The van der Waals surface area contributed by atoms with Gasteiger partial charge in [0.05, 0.1) is 0 Å². The highest BCUT2D eigenvalue weighted by atomic mass is 14.4. The second-order valence-electron chi connectivity index (χ2n) is 17.2. The summed E-state index contributed by atoms with van der Waals surface area (Å²) in [5.74, 6) is 0. The molecule has 0 aromatic heterocycles. The van der Waals surface area contributed by atoms with Crippen molar-refractivity contribution in [3.63, 3.8) is 0 Å². The van der Waals surface area contributed by atoms with E-state index >= 15 is 0 Å². The molecule has 0 saturated carbocycles. The second-order valence-corrected chi connectivity index (χ2v) is 17.2. The van der Waals surface area contributed by atoms with Gasteiger partial charge in [-0.2, -0.15) is 0 Å². The zero-order chi connectivity index (χ0) is 37.5. The van der Waals surface area contributed by atoms with Gasteiger partial charge in [-0.15, -0.1) is 0 Å². The molecule has 0 radical (unpaired) electrons. The van der Waals surface area contributed by atoms with E-state index in [1.165, 1.54) is 121 Å². The van der Waals surface area contributed by atoms with Gasteiger partial charge in [-0.3, -0.25) is 0 Å². The minimum Gasteiger partial charge on any atom is -0.0619 e. The lowest BCUT2D eigenvalue weighted by molar-refractivity contribution is 0.660. The Kier molecular flexibility index (Phi) is 6.28. The molecule has 12 rings (SSSR count). The molecule has 0 unspecified atom stereocenters. The van der Waals surface area contributed by atoms with Crippen molar-refractivity contribution in [1.82, 2.24) is 0 Å². The third kappa shape index (κ3) is 4.14. The van der Waals surface area contributed by atoms with Crippen molar-refractivity contribution in [3.05, 3.63) is 192 Å². The summed E-state index contributed by atoms with van der Waals surface area (Å²) in [6, 6.07) is 64.6. The van der Waals surface area contributed by atoms with Crippen LogP contribution in [-0.4, -0.2) is 0 Å². The first-order valence-corrected chi connectivity index (χ1v) is 20.0. The van der Waals surface area contributed by atoms with Gasteiger partial charge in [-0.05, 0) is 145 Å². The Morgan fingerprint density at radius 2 is 0.571 bits per heavy atom. The molecule has 0 heteroatoms. The first-order chi connectivity index (χ1) is 27.3. The highest BCUT2D eigenvalue weighted by Crippen LogP contribution is 2.52. The van der Waals surface area contributed by atoms with E-state index < -0.39 is 0 Å². The van der Waals surface area contributed by atoms with Gasteiger partial charge >= 0.3 is 0 Å². The van der Waals surface area contributed by atoms with Gasteiger partial charge in [-0.25, -0.2) is 0 Å². The van der Waals surface area contributed by atoms with Crippen molar-refractivity contribution in [2.24, 2.45) is 0 Å². The van der Waals surface area contributed by atoms with Crippen molar-refractivity contribution in [1.29, 1.82) is 0 Å². The summed E-state index contributed by atoms with van der Waals surface area (Å²) >= 11 is 0. The van der Waals surface area contributed by atoms with Crippen LogP contribution < -0.4 is 0 Å². The van der Waals surface area contributed by atoms with Gasteiger partial charge < -0.3 is 0 Å². The lowest BCUT2D eigenvalue weighted by atomic mass is 9.81. The highest BCUT2D eigenvalue weighted by Gasteiger charge is 2.36. The van der Waals surface area contributed by atoms with Crippen LogP contribution >= 0.6 is 0 Å². The number of hydrogen-bond donors (Lipinski definition) is 0. The molecule has 0 fully saturated rings. The molecule has 2 aliphatic rings. The molecule has 264 valence electrons. The second kappa shape index (κ2) is 11.1. The molecule has 56 heavy (non-hydrogen) atoms. The average molecular weight is 713 g/mol. The highest BCUT2D eigenvalue weighted by molar-refractivity contribution is 6.39. The summed E-state index contributed by atoms with van der Waals surface area (Å²) in [6.45, 7) is 9.48. The first kappa shape index (κ1) is 31.8. The third-order valence-electron chi connectivity index (χ3n) is 13.6. The summed E-state index contributed by atoms with van der Waals surface area (Å²) < 4.78 is 0. The molecule has 0 aliphatic heterocycles. The van der Waals surface area contributed by atoms with Crippen LogP contribution in [0.25, 0.3) is 98.4 Å². The van der Waals surface area contributed by atoms with Gasteiger partial charge in [0.1, 0.15) is 0 Å². The van der Waals surface area contributed by atoms with Crippen LogP contribution in [0.5, 0.6) is 0 Å². The van der Waals surface area contributed by atoms with E-state index in [9.17, 15) is 0 Å². The number of rotatable bonds is 2.